The number of rotatable bonds is 6. The van der Waals surface area contributed by atoms with Crippen LogP contribution in [-0.2, 0) is 11.2 Å². The summed E-state index contributed by atoms with van der Waals surface area (Å²) in [5.41, 5.74) is 0.993. The number of benzene rings is 1. The number of carboxylic acids is 1. The van der Waals surface area contributed by atoms with E-state index in [1.165, 1.54) is 6.07 Å². The lowest BCUT2D eigenvalue weighted by Gasteiger charge is -1.99. The Kier molecular flexibility index (Phi) is 4.27. The lowest BCUT2D eigenvalue weighted by molar-refractivity contribution is -0.385. The minimum atomic E-state index is -0.885. The van der Waals surface area contributed by atoms with E-state index in [0.29, 0.717) is 29.9 Å². The number of nitro groups is 1. The van der Waals surface area contributed by atoms with E-state index in [1.54, 1.807) is 19.1 Å². The predicted molar refractivity (Wildman–Crippen MR) is 71.7 cm³/mol. The molecule has 2 rings (SSSR count). The van der Waals surface area contributed by atoms with E-state index in [9.17, 15) is 14.9 Å². The number of aromatic nitrogens is 2. The molecule has 1 aromatic carbocycles. The molecule has 0 atom stereocenters. The van der Waals surface area contributed by atoms with Crippen molar-refractivity contribution >= 4 is 11.7 Å². The third kappa shape index (κ3) is 3.62. The van der Waals surface area contributed by atoms with Crippen LogP contribution in [0, 0.1) is 17.0 Å². The van der Waals surface area contributed by atoms with Crippen molar-refractivity contribution in [2.24, 2.45) is 0 Å². The first-order chi connectivity index (χ1) is 9.97. The SMILES string of the molecule is Cc1ccc(-c2nnc(CCCC(=O)O)o2)cc1[N+](=O)[O-]. The van der Waals surface area contributed by atoms with Gasteiger partial charge in [0.05, 0.1) is 4.92 Å². The first kappa shape index (κ1) is 14.6. The van der Waals surface area contributed by atoms with Gasteiger partial charge in [0.15, 0.2) is 0 Å². The summed E-state index contributed by atoms with van der Waals surface area (Å²) in [5.74, 6) is -0.387. The lowest BCUT2D eigenvalue weighted by Crippen LogP contribution is -1.95. The number of carbonyl (C=O) groups is 1. The first-order valence-electron chi connectivity index (χ1n) is 6.27. The second-order valence-electron chi connectivity index (χ2n) is 4.51. The van der Waals surface area contributed by atoms with Crippen molar-refractivity contribution < 1.29 is 19.2 Å². The molecule has 1 N–H and O–H groups in total. The number of nitro benzene ring substituents is 1. The molecular weight excluding hydrogens is 278 g/mol. The molecule has 1 heterocycles. The Labute approximate surface area is 119 Å². The normalized spacial score (nSPS) is 10.5. The molecule has 0 aliphatic carbocycles. The fourth-order valence-electron chi connectivity index (χ4n) is 1.80. The van der Waals surface area contributed by atoms with Crippen molar-refractivity contribution in [2.75, 3.05) is 0 Å². The zero-order valence-corrected chi connectivity index (χ0v) is 11.3. The van der Waals surface area contributed by atoms with Crippen molar-refractivity contribution in [1.29, 1.82) is 0 Å². The molecule has 2 aromatic rings. The summed E-state index contributed by atoms with van der Waals surface area (Å²) in [6.07, 6.45) is 0.770. The van der Waals surface area contributed by atoms with Crippen molar-refractivity contribution in [2.45, 2.75) is 26.2 Å². The van der Waals surface area contributed by atoms with Crippen LogP contribution in [0.1, 0.15) is 24.3 Å². The zero-order valence-electron chi connectivity index (χ0n) is 11.3. The van der Waals surface area contributed by atoms with E-state index in [0.717, 1.165) is 0 Å². The zero-order chi connectivity index (χ0) is 15.4. The van der Waals surface area contributed by atoms with Gasteiger partial charge in [0, 0.05) is 30.0 Å². The molecule has 110 valence electrons. The number of aliphatic carboxylic acids is 1. The Morgan fingerprint density at radius 2 is 2.19 bits per heavy atom. The lowest BCUT2D eigenvalue weighted by atomic mass is 10.1. The van der Waals surface area contributed by atoms with E-state index in [4.69, 9.17) is 9.52 Å². The van der Waals surface area contributed by atoms with Gasteiger partial charge in [0.1, 0.15) is 0 Å². The highest BCUT2D eigenvalue weighted by Gasteiger charge is 2.15. The van der Waals surface area contributed by atoms with E-state index in [1.807, 2.05) is 0 Å². The monoisotopic (exact) mass is 291 g/mol. The predicted octanol–water partition coefficient (Wildman–Crippen LogP) is 2.36. The fourth-order valence-corrected chi connectivity index (χ4v) is 1.80. The van der Waals surface area contributed by atoms with Gasteiger partial charge in [-0.2, -0.15) is 0 Å². The molecule has 0 amide bonds. The van der Waals surface area contributed by atoms with Crippen molar-refractivity contribution in [3.8, 4) is 11.5 Å². The van der Waals surface area contributed by atoms with E-state index >= 15 is 0 Å². The Morgan fingerprint density at radius 1 is 1.43 bits per heavy atom. The Bertz CT molecular complexity index is 680. The van der Waals surface area contributed by atoms with Crippen molar-refractivity contribution in [1.82, 2.24) is 10.2 Å². The number of hydrogen-bond acceptors (Lipinski definition) is 6. The third-order valence-corrected chi connectivity index (χ3v) is 2.90. The molecule has 0 aliphatic heterocycles. The van der Waals surface area contributed by atoms with Crippen LogP contribution >= 0.6 is 0 Å². The maximum absolute atomic E-state index is 10.9. The Balaban J connectivity index is 2.16. The van der Waals surface area contributed by atoms with Gasteiger partial charge < -0.3 is 9.52 Å². The summed E-state index contributed by atoms with van der Waals surface area (Å²) in [7, 11) is 0. The molecule has 0 saturated carbocycles. The fraction of sp³-hybridized carbons (Fsp3) is 0.308. The maximum Gasteiger partial charge on any atom is 0.303 e. The highest BCUT2D eigenvalue weighted by atomic mass is 16.6. The van der Waals surface area contributed by atoms with E-state index in [2.05, 4.69) is 10.2 Å². The van der Waals surface area contributed by atoms with Crippen LogP contribution in [0.5, 0.6) is 0 Å². The summed E-state index contributed by atoms with van der Waals surface area (Å²) < 4.78 is 5.39. The molecule has 0 fully saturated rings. The number of hydrogen-bond donors (Lipinski definition) is 1. The van der Waals surface area contributed by atoms with Crippen molar-refractivity contribution in [3.05, 3.63) is 39.8 Å². The molecule has 0 spiro atoms. The number of aryl methyl sites for hydroxylation is 2. The minimum absolute atomic E-state index is 0.0156. The standard InChI is InChI=1S/C13H13N3O5/c1-8-5-6-9(7-10(8)16(19)20)13-15-14-11(21-13)3-2-4-12(17)18/h5-7H,2-4H2,1H3,(H,17,18). The van der Waals surface area contributed by atoms with Crippen LogP contribution in [0.25, 0.3) is 11.5 Å². The molecule has 8 heteroatoms. The van der Waals surface area contributed by atoms with Crippen LogP contribution in [0.2, 0.25) is 0 Å². The molecule has 1 aromatic heterocycles. The van der Waals surface area contributed by atoms with Gasteiger partial charge in [0.25, 0.3) is 5.69 Å². The highest BCUT2D eigenvalue weighted by molar-refractivity contribution is 5.66. The third-order valence-electron chi connectivity index (χ3n) is 2.90. The smallest absolute Gasteiger partial charge is 0.303 e. The molecule has 0 saturated heterocycles. The number of nitrogens with zero attached hydrogens (tertiary/aromatic N) is 3. The van der Waals surface area contributed by atoms with Crippen LogP contribution in [0.3, 0.4) is 0 Å². The topological polar surface area (TPSA) is 119 Å². The summed E-state index contributed by atoms with van der Waals surface area (Å²) >= 11 is 0. The second kappa shape index (κ2) is 6.12. The molecule has 0 bridgehead atoms. The molecule has 0 aliphatic rings. The Morgan fingerprint density at radius 3 is 2.86 bits per heavy atom. The van der Waals surface area contributed by atoms with Crippen LogP contribution < -0.4 is 0 Å². The van der Waals surface area contributed by atoms with E-state index < -0.39 is 10.9 Å². The summed E-state index contributed by atoms with van der Waals surface area (Å²) in [6.45, 7) is 1.65. The maximum atomic E-state index is 10.9. The van der Waals surface area contributed by atoms with Crippen LogP contribution in [-0.4, -0.2) is 26.2 Å². The quantitative estimate of drug-likeness (QED) is 0.640. The number of carboxylic acid groups (broad SMARTS) is 1. The van der Waals surface area contributed by atoms with E-state index in [-0.39, 0.29) is 18.0 Å². The summed E-state index contributed by atoms with van der Waals surface area (Å²) in [6, 6.07) is 4.66. The highest BCUT2D eigenvalue weighted by Crippen LogP contribution is 2.26. The van der Waals surface area contributed by atoms with Gasteiger partial charge in [-0.25, -0.2) is 0 Å². The van der Waals surface area contributed by atoms with Gasteiger partial charge in [-0.15, -0.1) is 10.2 Å². The summed E-state index contributed by atoms with van der Waals surface area (Å²) in [5, 5.41) is 27.1. The first-order valence-corrected chi connectivity index (χ1v) is 6.27. The molecule has 0 unspecified atom stereocenters. The second-order valence-corrected chi connectivity index (χ2v) is 4.51. The molecule has 21 heavy (non-hydrogen) atoms. The van der Waals surface area contributed by atoms with Gasteiger partial charge in [-0.3, -0.25) is 14.9 Å². The van der Waals surface area contributed by atoms with Gasteiger partial charge >= 0.3 is 5.97 Å². The average Bonchev–Trinajstić information content (AvgIpc) is 2.87. The summed E-state index contributed by atoms with van der Waals surface area (Å²) in [4.78, 5) is 20.8. The largest absolute Gasteiger partial charge is 0.481 e. The Hall–Kier alpha value is -2.77. The van der Waals surface area contributed by atoms with Gasteiger partial charge in [0.2, 0.25) is 11.8 Å². The van der Waals surface area contributed by atoms with Gasteiger partial charge in [-0.05, 0) is 19.4 Å². The molecule has 8 nitrogen and oxygen atoms in total. The average molecular weight is 291 g/mol. The van der Waals surface area contributed by atoms with Crippen LogP contribution in [0.4, 0.5) is 5.69 Å². The van der Waals surface area contributed by atoms with Crippen LogP contribution in [0.15, 0.2) is 22.6 Å². The van der Waals surface area contributed by atoms with Crippen molar-refractivity contribution in [3.63, 3.8) is 0 Å². The molecular formula is C13H13N3O5. The minimum Gasteiger partial charge on any atom is -0.481 e. The molecule has 0 radical (unpaired) electrons. The van der Waals surface area contributed by atoms with Gasteiger partial charge in [-0.1, -0.05) is 6.07 Å².